The molecule has 2 heterocycles. The maximum Gasteiger partial charge on any atom is 0.255 e. The van der Waals surface area contributed by atoms with Crippen molar-refractivity contribution >= 4 is 17.5 Å². The minimum Gasteiger partial charge on any atom is -0.336 e. The van der Waals surface area contributed by atoms with Gasteiger partial charge in [-0.3, -0.25) is 4.79 Å². The molecule has 1 saturated heterocycles. The second-order valence-electron chi connectivity index (χ2n) is 7.58. The molecule has 4 rings (SSSR count). The van der Waals surface area contributed by atoms with Crippen LogP contribution in [0.5, 0.6) is 0 Å². The van der Waals surface area contributed by atoms with Crippen molar-refractivity contribution in [3.8, 4) is 16.9 Å². The summed E-state index contributed by atoms with van der Waals surface area (Å²) in [6.45, 7) is 8.25. The van der Waals surface area contributed by atoms with Gasteiger partial charge in [0.15, 0.2) is 0 Å². The van der Waals surface area contributed by atoms with Gasteiger partial charge in [0.1, 0.15) is 5.82 Å². The number of hydrogen-bond donors (Lipinski definition) is 0. The van der Waals surface area contributed by atoms with Crippen molar-refractivity contribution in [3.05, 3.63) is 76.7 Å². The zero-order valence-corrected chi connectivity index (χ0v) is 18.0. The summed E-state index contributed by atoms with van der Waals surface area (Å²) >= 11 is 6.07. The average Bonchev–Trinajstić information content (AvgIpc) is 3.11. The first-order valence-electron chi connectivity index (χ1n) is 10.2. The number of benzene rings is 2. The Kier molecular flexibility index (Phi) is 5.93. The molecule has 0 spiro atoms. The van der Waals surface area contributed by atoms with E-state index in [4.69, 9.17) is 11.6 Å². The van der Waals surface area contributed by atoms with Gasteiger partial charge in [-0.15, -0.1) is 0 Å². The molecule has 0 N–H and O–H groups in total. The van der Waals surface area contributed by atoms with E-state index in [0.717, 1.165) is 36.6 Å². The number of hydrogen-bond acceptors (Lipinski definition) is 2. The van der Waals surface area contributed by atoms with E-state index < -0.39 is 0 Å². The lowest BCUT2D eigenvalue weighted by Crippen LogP contribution is -2.48. The van der Waals surface area contributed by atoms with E-state index >= 15 is 0 Å². The van der Waals surface area contributed by atoms with Crippen LogP contribution in [0.25, 0.3) is 16.9 Å². The van der Waals surface area contributed by atoms with Gasteiger partial charge in [0.2, 0.25) is 0 Å². The number of carbonyl (C=O) groups is 1. The molecule has 1 aliphatic rings. The minimum absolute atomic E-state index is 0.0219. The van der Waals surface area contributed by atoms with Crippen molar-refractivity contribution in [2.45, 2.75) is 13.8 Å². The maximum absolute atomic E-state index is 14.0. The van der Waals surface area contributed by atoms with Gasteiger partial charge in [-0.2, -0.15) is 0 Å². The smallest absolute Gasteiger partial charge is 0.255 e. The van der Waals surface area contributed by atoms with Gasteiger partial charge in [0, 0.05) is 42.6 Å². The van der Waals surface area contributed by atoms with Crippen molar-refractivity contribution in [3.63, 3.8) is 0 Å². The van der Waals surface area contributed by atoms with Gasteiger partial charge < -0.3 is 14.4 Å². The molecule has 4 nitrogen and oxygen atoms in total. The SMILES string of the molecule is CCN1CCN(C(=O)c2cc(-c3ccc(Cl)cc3)n(-c3cccc(F)c3)c2C)CC1. The summed E-state index contributed by atoms with van der Waals surface area (Å²) in [5.41, 5.74) is 3.89. The fraction of sp³-hybridized carbons (Fsp3) is 0.292. The third kappa shape index (κ3) is 4.00. The van der Waals surface area contributed by atoms with Crippen LogP contribution < -0.4 is 0 Å². The second-order valence-corrected chi connectivity index (χ2v) is 8.01. The molecule has 0 saturated carbocycles. The molecule has 0 unspecified atom stereocenters. The average molecular weight is 426 g/mol. The number of rotatable bonds is 4. The number of piperazine rings is 1. The molecule has 2 aromatic carbocycles. The zero-order valence-electron chi connectivity index (χ0n) is 17.2. The highest BCUT2D eigenvalue weighted by Gasteiger charge is 2.26. The predicted octanol–water partition coefficient (Wildman–Crippen LogP) is 5.02. The van der Waals surface area contributed by atoms with Crippen LogP contribution >= 0.6 is 11.6 Å². The molecular formula is C24H25ClFN3O. The Balaban J connectivity index is 1.78. The summed E-state index contributed by atoms with van der Waals surface area (Å²) in [4.78, 5) is 17.6. The Morgan fingerprint density at radius 1 is 1.03 bits per heavy atom. The molecule has 6 heteroatoms. The first-order chi connectivity index (χ1) is 14.5. The first-order valence-corrected chi connectivity index (χ1v) is 10.6. The Morgan fingerprint density at radius 3 is 2.37 bits per heavy atom. The molecule has 156 valence electrons. The van der Waals surface area contributed by atoms with Crippen LogP contribution in [0.15, 0.2) is 54.6 Å². The Morgan fingerprint density at radius 2 is 1.73 bits per heavy atom. The van der Waals surface area contributed by atoms with E-state index in [1.165, 1.54) is 12.1 Å². The molecule has 0 radical (unpaired) electrons. The first kappa shape index (κ1) is 20.6. The van der Waals surface area contributed by atoms with Crippen LogP contribution in [-0.4, -0.2) is 53.0 Å². The van der Waals surface area contributed by atoms with E-state index in [1.54, 1.807) is 6.07 Å². The Labute approximate surface area is 181 Å². The van der Waals surface area contributed by atoms with Crippen molar-refractivity contribution in [1.29, 1.82) is 0 Å². The molecule has 0 aliphatic carbocycles. The quantitative estimate of drug-likeness (QED) is 0.587. The molecule has 3 aromatic rings. The lowest BCUT2D eigenvalue weighted by Gasteiger charge is -2.34. The number of likely N-dealkylation sites (N-methyl/N-ethyl adjacent to an activating group) is 1. The number of halogens is 2. The molecule has 0 atom stereocenters. The Bertz CT molecular complexity index is 1050. The molecule has 1 aliphatic heterocycles. The number of amides is 1. The fourth-order valence-electron chi connectivity index (χ4n) is 4.04. The molecule has 1 aromatic heterocycles. The van der Waals surface area contributed by atoms with Crippen molar-refractivity contribution in [2.24, 2.45) is 0 Å². The van der Waals surface area contributed by atoms with Crippen molar-refractivity contribution in [1.82, 2.24) is 14.4 Å². The topological polar surface area (TPSA) is 28.5 Å². The minimum atomic E-state index is -0.314. The lowest BCUT2D eigenvalue weighted by molar-refractivity contribution is 0.0642. The van der Waals surface area contributed by atoms with Crippen LogP contribution in [0.3, 0.4) is 0 Å². The van der Waals surface area contributed by atoms with Crippen LogP contribution in [0.2, 0.25) is 5.02 Å². The van der Waals surface area contributed by atoms with Crippen LogP contribution in [-0.2, 0) is 0 Å². The van der Waals surface area contributed by atoms with Gasteiger partial charge in [0.25, 0.3) is 5.91 Å². The molecule has 1 amide bonds. The number of aromatic nitrogens is 1. The van der Waals surface area contributed by atoms with Gasteiger partial charge in [-0.05, 0) is 55.4 Å². The molecular weight excluding hydrogens is 401 g/mol. The third-order valence-corrected chi connectivity index (χ3v) is 6.04. The van der Waals surface area contributed by atoms with E-state index in [9.17, 15) is 9.18 Å². The summed E-state index contributed by atoms with van der Waals surface area (Å²) in [5, 5.41) is 0.643. The standard InChI is InChI=1S/C24H25ClFN3O/c1-3-27-11-13-28(14-12-27)24(30)22-16-23(18-7-9-19(25)10-8-18)29(17(22)2)21-6-4-5-20(26)15-21/h4-10,15-16H,3,11-14H2,1-2H3. The second kappa shape index (κ2) is 8.62. The van der Waals surface area contributed by atoms with Crippen molar-refractivity contribution in [2.75, 3.05) is 32.7 Å². The summed E-state index contributed by atoms with van der Waals surface area (Å²) in [7, 11) is 0. The molecule has 30 heavy (non-hydrogen) atoms. The van der Waals surface area contributed by atoms with E-state index in [1.807, 2.05) is 52.8 Å². The normalized spacial score (nSPS) is 14.9. The van der Waals surface area contributed by atoms with Gasteiger partial charge in [0.05, 0.1) is 11.3 Å². The monoisotopic (exact) mass is 425 g/mol. The maximum atomic E-state index is 14.0. The predicted molar refractivity (Wildman–Crippen MR) is 119 cm³/mol. The molecule has 0 bridgehead atoms. The van der Waals surface area contributed by atoms with Gasteiger partial charge >= 0.3 is 0 Å². The zero-order chi connectivity index (χ0) is 21.3. The highest BCUT2D eigenvalue weighted by atomic mass is 35.5. The summed E-state index contributed by atoms with van der Waals surface area (Å²) < 4.78 is 15.9. The van der Waals surface area contributed by atoms with Crippen molar-refractivity contribution < 1.29 is 9.18 Å². The van der Waals surface area contributed by atoms with Crippen LogP contribution in [0, 0.1) is 12.7 Å². The van der Waals surface area contributed by atoms with E-state index in [2.05, 4.69) is 11.8 Å². The summed E-state index contributed by atoms with van der Waals surface area (Å²) in [6.07, 6.45) is 0. The lowest BCUT2D eigenvalue weighted by atomic mass is 10.1. The van der Waals surface area contributed by atoms with Gasteiger partial charge in [-0.25, -0.2) is 4.39 Å². The summed E-state index contributed by atoms with van der Waals surface area (Å²) in [6, 6.07) is 15.8. The van der Waals surface area contributed by atoms with E-state index in [0.29, 0.717) is 29.4 Å². The largest absolute Gasteiger partial charge is 0.336 e. The summed E-state index contributed by atoms with van der Waals surface area (Å²) in [5.74, 6) is -0.292. The fourth-order valence-corrected chi connectivity index (χ4v) is 4.17. The van der Waals surface area contributed by atoms with Crippen LogP contribution in [0.1, 0.15) is 23.0 Å². The molecule has 1 fully saturated rings. The van der Waals surface area contributed by atoms with Gasteiger partial charge in [-0.1, -0.05) is 36.7 Å². The highest BCUT2D eigenvalue weighted by Crippen LogP contribution is 2.31. The van der Waals surface area contributed by atoms with E-state index in [-0.39, 0.29) is 11.7 Å². The van der Waals surface area contributed by atoms with Crippen LogP contribution in [0.4, 0.5) is 4.39 Å². The third-order valence-electron chi connectivity index (χ3n) is 5.79. The Hall–Kier alpha value is -2.63. The number of nitrogens with zero attached hydrogens (tertiary/aromatic N) is 3. The number of carbonyl (C=O) groups excluding carboxylic acids is 1. The highest BCUT2D eigenvalue weighted by molar-refractivity contribution is 6.30.